The Morgan fingerprint density at radius 2 is 2.29 bits per heavy atom. The number of aliphatic hydroxyl groups excluding tert-OH is 1. The van der Waals surface area contributed by atoms with E-state index in [1.807, 2.05) is 12.3 Å². The maximum absolute atomic E-state index is 9.07. The number of pyridine rings is 1. The molecule has 1 aromatic heterocycles. The SMILES string of the molecule is CC[C@H](N)c1ccc(N(CCO)C2CC2)cn1. The number of hydrogen-bond donors (Lipinski definition) is 2. The van der Waals surface area contributed by atoms with E-state index in [1.54, 1.807) is 0 Å². The van der Waals surface area contributed by atoms with Gasteiger partial charge in [-0.05, 0) is 31.4 Å². The van der Waals surface area contributed by atoms with Crippen LogP contribution in [0.1, 0.15) is 37.9 Å². The van der Waals surface area contributed by atoms with Gasteiger partial charge >= 0.3 is 0 Å². The van der Waals surface area contributed by atoms with Gasteiger partial charge in [0, 0.05) is 18.6 Å². The molecule has 0 bridgehead atoms. The monoisotopic (exact) mass is 235 g/mol. The fourth-order valence-corrected chi connectivity index (χ4v) is 2.01. The van der Waals surface area contributed by atoms with E-state index in [9.17, 15) is 0 Å². The van der Waals surface area contributed by atoms with Crippen LogP contribution in [-0.2, 0) is 0 Å². The second kappa shape index (κ2) is 5.47. The molecule has 17 heavy (non-hydrogen) atoms. The molecule has 94 valence electrons. The zero-order chi connectivity index (χ0) is 12.3. The molecule has 1 aliphatic rings. The fourth-order valence-electron chi connectivity index (χ4n) is 2.01. The van der Waals surface area contributed by atoms with E-state index in [2.05, 4.69) is 22.9 Å². The molecule has 1 atom stereocenters. The number of rotatable bonds is 6. The van der Waals surface area contributed by atoms with Crippen LogP contribution in [0.3, 0.4) is 0 Å². The van der Waals surface area contributed by atoms with E-state index in [4.69, 9.17) is 10.8 Å². The average Bonchev–Trinajstić information content (AvgIpc) is 3.19. The fraction of sp³-hybridized carbons (Fsp3) is 0.615. The minimum Gasteiger partial charge on any atom is -0.395 e. The summed E-state index contributed by atoms with van der Waals surface area (Å²) in [5, 5.41) is 9.07. The van der Waals surface area contributed by atoms with E-state index in [-0.39, 0.29) is 12.6 Å². The summed E-state index contributed by atoms with van der Waals surface area (Å²) in [7, 11) is 0. The number of nitrogens with two attached hydrogens (primary N) is 1. The molecule has 0 spiro atoms. The lowest BCUT2D eigenvalue weighted by molar-refractivity contribution is 0.301. The highest BCUT2D eigenvalue weighted by atomic mass is 16.3. The van der Waals surface area contributed by atoms with Gasteiger partial charge in [0.2, 0.25) is 0 Å². The Kier molecular flexibility index (Phi) is 3.97. The normalized spacial score (nSPS) is 16.9. The molecule has 1 saturated carbocycles. The van der Waals surface area contributed by atoms with Crippen LogP contribution in [0.5, 0.6) is 0 Å². The van der Waals surface area contributed by atoms with Crippen molar-refractivity contribution in [1.29, 1.82) is 0 Å². The molecule has 0 saturated heterocycles. The highest BCUT2D eigenvalue weighted by Crippen LogP contribution is 2.31. The number of anilines is 1. The van der Waals surface area contributed by atoms with Crippen molar-refractivity contribution < 1.29 is 5.11 Å². The molecule has 1 aromatic rings. The van der Waals surface area contributed by atoms with Crippen LogP contribution >= 0.6 is 0 Å². The Morgan fingerprint density at radius 3 is 2.76 bits per heavy atom. The van der Waals surface area contributed by atoms with E-state index in [0.717, 1.165) is 17.8 Å². The molecular formula is C13H21N3O. The quantitative estimate of drug-likeness (QED) is 0.783. The maximum atomic E-state index is 9.07. The smallest absolute Gasteiger partial charge is 0.0606 e. The maximum Gasteiger partial charge on any atom is 0.0606 e. The largest absolute Gasteiger partial charge is 0.395 e. The van der Waals surface area contributed by atoms with Crippen molar-refractivity contribution in [2.75, 3.05) is 18.1 Å². The first-order valence-electron chi connectivity index (χ1n) is 6.35. The van der Waals surface area contributed by atoms with Crippen molar-refractivity contribution >= 4 is 5.69 Å². The lowest BCUT2D eigenvalue weighted by Crippen LogP contribution is -2.29. The molecule has 0 aromatic carbocycles. The lowest BCUT2D eigenvalue weighted by Gasteiger charge is -2.23. The molecule has 0 unspecified atom stereocenters. The van der Waals surface area contributed by atoms with Gasteiger partial charge in [-0.3, -0.25) is 4.98 Å². The summed E-state index contributed by atoms with van der Waals surface area (Å²) in [6.07, 6.45) is 5.21. The number of hydrogen-bond acceptors (Lipinski definition) is 4. The molecule has 1 aliphatic carbocycles. The summed E-state index contributed by atoms with van der Waals surface area (Å²) in [5.41, 5.74) is 7.97. The molecule has 0 radical (unpaired) electrons. The van der Waals surface area contributed by atoms with Crippen molar-refractivity contribution in [3.8, 4) is 0 Å². The number of aliphatic hydroxyl groups is 1. The van der Waals surface area contributed by atoms with Gasteiger partial charge in [0.05, 0.1) is 24.2 Å². The van der Waals surface area contributed by atoms with Crippen molar-refractivity contribution in [2.45, 2.75) is 38.3 Å². The number of aromatic nitrogens is 1. The topological polar surface area (TPSA) is 62.4 Å². The Morgan fingerprint density at radius 1 is 1.53 bits per heavy atom. The molecular weight excluding hydrogens is 214 g/mol. The minimum absolute atomic E-state index is 0.0243. The van der Waals surface area contributed by atoms with Crippen molar-refractivity contribution in [3.63, 3.8) is 0 Å². The predicted molar refractivity (Wildman–Crippen MR) is 68.9 cm³/mol. The minimum atomic E-state index is 0.0243. The van der Waals surface area contributed by atoms with Gasteiger partial charge in [-0.25, -0.2) is 0 Å². The van der Waals surface area contributed by atoms with Gasteiger partial charge < -0.3 is 15.7 Å². The third-order valence-corrected chi connectivity index (χ3v) is 3.25. The summed E-state index contributed by atoms with van der Waals surface area (Å²) < 4.78 is 0. The molecule has 4 heteroatoms. The zero-order valence-electron chi connectivity index (χ0n) is 10.3. The van der Waals surface area contributed by atoms with Crippen molar-refractivity contribution in [2.24, 2.45) is 5.73 Å². The summed E-state index contributed by atoms with van der Waals surface area (Å²) in [6.45, 7) is 2.93. The molecule has 4 nitrogen and oxygen atoms in total. The summed E-state index contributed by atoms with van der Waals surface area (Å²) in [4.78, 5) is 6.64. The first-order chi connectivity index (χ1) is 8.26. The summed E-state index contributed by atoms with van der Waals surface area (Å²) in [5.74, 6) is 0. The van der Waals surface area contributed by atoms with E-state index < -0.39 is 0 Å². The molecule has 3 N–H and O–H groups in total. The zero-order valence-corrected chi connectivity index (χ0v) is 10.3. The molecule has 0 aliphatic heterocycles. The summed E-state index contributed by atoms with van der Waals surface area (Å²) >= 11 is 0. The first kappa shape index (κ1) is 12.3. The van der Waals surface area contributed by atoms with Crippen molar-refractivity contribution in [1.82, 2.24) is 4.98 Å². The Bertz CT molecular complexity index is 348. The van der Waals surface area contributed by atoms with Crippen LogP contribution < -0.4 is 10.6 Å². The average molecular weight is 235 g/mol. The highest BCUT2D eigenvalue weighted by Gasteiger charge is 2.28. The standard InChI is InChI=1S/C13H21N3O/c1-2-12(14)13-6-5-11(9-15-13)16(7-8-17)10-3-4-10/h5-6,9-10,12,17H,2-4,7-8,14H2,1H3/t12-/m0/s1. The van der Waals surface area contributed by atoms with Gasteiger partial charge in [-0.1, -0.05) is 6.92 Å². The van der Waals surface area contributed by atoms with Gasteiger partial charge in [-0.15, -0.1) is 0 Å². The number of nitrogens with zero attached hydrogens (tertiary/aromatic N) is 2. The Balaban J connectivity index is 2.09. The Hall–Kier alpha value is -1.13. The third kappa shape index (κ3) is 2.96. The van der Waals surface area contributed by atoms with Crippen molar-refractivity contribution in [3.05, 3.63) is 24.0 Å². The van der Waals surface area contributed by atoms with Crippen LogP contribution in [0.25, 0.3) is 0 Å². The van der Waals surface area contributed by atoms with E-state index >= 15 is 0 Å². The van der Waals surface area contributed by atoms with Crippen LogP contribution in [0.2, 0.25) is 0 Å². The van der Waals surface area contributed by atoms with E-state index in [0.29, 0.717) is 12.6 Å². The van der Waals surface area contributed by atoms with Crippen LogP contribution in [0, 0.1) is 0 Å². The van der Waals surface area contributed by atoms with Crippen LogP contribution in [0.4, 0.5) is 5.69 Å². The lowest BCUT2D eigenvalue weighted by atomic mass is 10.1. The van der Waals surface area contributed by atoms with Gasteiger partial charge in [0.1, 0.15) is 0 Å². The predicted octanol–water partition coefficient (Wildman–Crippen LogP) is 1.45. The van der Waals surface area contributed by atoms with Gasteiger partial charge in [0.25, 0.3) is 0 Å². The van der Waals surface area contributed by atoms with Gasteiger partial charge in [0.15, 0.2) is 0 Å². The van der Waals surface area contributed by atoms with E-state index in [1.165, 1.54) is 12.8 Å². The van der Waals surface area contributed by atoms with Crippen LogP contribution in [-0.4, -0.2) is 29.3 Å². The second-order valence-corrected chi connectivity index (χ2v) is 4.60. The Labute approximate surface area is 102 Å². The molecule has 2 rings (SSSR count). The third-order valence-electron chi connectivity index (χ3n) is 3.25. The van der Waals surface area contributed by atoms with Gasteiger partial charge in [-0.2, -0.15) is 0 Å². The molecule has 1 heterocycles. The molecule has 0 amide bonds. The summed E-state index contributed by atoms with van der Waals surface area (Å²) in [6, 6.07) is 4.67. The van der Waals surface area contributed by atoms with Crippen LogP contribution in [0.15, 0.2) is 18.3 Å². The second-order valence-electron chi connectivity index (χ2n) is 4.60. The first-order valence-corrected chi connectivity index (χ1v) is 6.35. The highest BCUT2D eigenvalue weighted by molar-refractivity contribution is 5.47. The molecule has 1 fully saturated rings.